The van der Waals surface area contributed by atoms with Crippen molar-refractivity contribution < 1.29 is 14.6 Å². The molecule has 0 aliphatic rings. The van der Waals surface area contributed by atoms with Gasteiger partial charge in [-0.05, 0) is 41.8 Å². The van der Waals surface area contributed by atoms with Crippen molar-refractivity contribution in [2.24, 2.45) is 0 Å². The van der Waals surface area contributed by atoms with Gasteiger partial charge < -0.3 is 15.2 Å². The van der Waals surface area contributed by atoms with E-state index in [0.717, 1.165) is 30.9 Å². The average molecular weight is 299 g/mol. The molecule has 0 aromatic heterocycles. The Morgan fingerprint density at radius 1 is 1.00 bits per heavy atom. The van der Waals surface area contributed by atoms with E-state index in [9.17, 15) is 4.79 Å². The first kappa shape index (κ1) is 16.0. The van der Waals surface area contributed by atoms with Crippen LogP contribution in [0.3, 0.4) is 0 Å². The van der Waals surface area contributed by atoms with Crippen molar-refractivity contribution in [3.63, 3.8) is 0 Å². The third-order valence-corrected chi connectivity index (χ3v) is 3.26. The van der Waals surface area contributed by atoms with E-state index in [4.69, 9.17) is 9.84 Å². The highest BCUT2D eigenvalue weighted by atomic mass is 16.5. The van der Waals surface area contributed by atoms with Crippen LogP contribution in [0.15, 0.2) is 48.5 Å². The van der Waals surface area contributed by atoms with Crippen LogP contribution in [0, 0.1) is 0 Å². The Bertz CT molecular complexity index is 591. The smallest absolute Gasteiger partial charge is 0.335 e. The molecule has 0 radical (unpaired) electrons. The van der Waals surface area contributed by atoms with Crippen molar-refractivity contribution in [3.05, 3.63) is 65.2 Å². The van der Waals surface area contributed by atoms with E-state index in [1.165, 1.54) is 5.56 Å². The molecule has 22 heavy (non-hydrogen) atoms. The number of aromatic carboxylic acids is 1. The summed E-state index contributed by atoms with van der Waals surface area (Å²) in [7, 11) is 0. The second-order valence-corrected chi connectivity index (χ2v) is 5.10. The Hall–Kier alpha value is -2.33. The van der Waals surface area contributed by atoms with Crippen LogP contribution in [0.1, 0.15) is 34.8 Å². The van der Waals surface area contributed by atoms with Gasteiger partial charge in [-0.2, -0.15) is 0 Å². The second kappa shape index (κ2) is 8.20. The van der Waals surface area contributed by atoms with Crippen molar-refractivity contribution in [3.8, 4) is 5.75 Å². The van der Waals surface area contributed by atoms with Crippen molar-refractivity contribution in [1.29, 1.82) is 0 Å². The molecule has 0 saturated heterocycles. The van der Waals surface area contributed by atoms with Crippen molar-refractivity contribution in [2.75, 3.05) is 6.61 Å². The minimum absolute atomic E-state index is 0.311. The van der Waals surface area contributed by atoms with Crippen LogP contribution in [0.25, 0.3) is 0 Å². The number of carboxylic acids is 1. The predicted molar refractivity (Wildman–Crippen MR) is 86.2 cm³/mol. The second-order valence-electron chi connectivity index (χ2n) is 5.10. The number of ether oxygens (including phenoxy) is 1. The van der Waals surface area contributed by atoms with Gasteiger partial charge in [0.1, 0.15) is 5.75 Å². The van der Waals surface area contributed by atoms with Crippen molar-refractivity contribution in [2.45, 2.75) is 26.4 Å². The summed E-state index contributed by atoms with van der Waals surface area (Å²) in [5, 5.41) is 12.2. The maximum atomic E-state index is 10.8. The molecular weight excluding hydrogens is 278 g/mol. The lowest BCUT2D eigenvalue weighted by molar-refractivity contribution is 0.0697. The first-order chi connectivity index (χ1) is 10.7. The number of rotatable bonds is 8. The summed E-state index contributed by atoms with van der Waals surface area (Å²) in [5.41, 5.74) is 2.56. The fourth-order valence-corrected chi connectivity index (χ4v) is 2.04. The highest BCUT2D eigenvalue weighted by Crippen LogP contribution is 2.12. The molecule has 0 unspecified atom stereocenters. The van der Waals surface area contributed by atoms with Gasteiger partial charge in [0.2, 0.25) is 0 Å². The van der Waals surface area contributed by atoms with Gasteiger partial charge in [-0.1, -0.05) is 31.2 Å². The summed E-state index contributed by atoms with van der Waals surface area (Å²) in [6, 6.07) is 15.0. The van der Waals surface area contributed by atoms with Crippen LogP contribution in [0.4, 0.5) is 0 Å². The summed E-state index contributed by atoms with van der Waals surface area (Å²) in [6.45, 7) is 4.29. The molecule has 0 heterocycles. The highest BCUT2D eigenvalue weighted by molar-refractivity contribution is 5.87. The lowest BCUT2D eigenvalue weighted by Gasteiger charge is -2.08. The van der Waals surface area contributed by atoms with E-state index in [2.05, 4.69) is 12.2 Å². The molecule has 0 bridgehead atoms. The number of hydrogen-bond donors (Lipinski definition) is 2. The number of benzene rings is 2. The first-order valence-corrected chi connectivity index (χ1v) is 7.43. The van der Waals surface area contributed by atoms with Gasteiger partial charge in [0.25, 0.3) is 0 Å². The Balaban J connectivity index is 1.79. The molecule has 116 valence electrons. The molecule has 0 aliphatic carbocycles. The molecule has 4 heteroatoms. The number of hydrogen-bond acceptors (Lipinski definition) is 3. The van der Waals surface area contributed by atoms with Gasteiger partial charge in [0, 0.05) is 13.1 Å². The number of carboxylic acid groups (broad SMARTS) is 1. The van der Waals surface area contributed by atoms with Crippen LogP contribution >= 0.6 is 0 Å². The van der Waals surface area contributed by atoms with Crippen molar-refractivity contribution in [1.82, 2.24) is 5.32 Å². The summed E-state index contributed by atoms with van der Waals surface area (Å²) < 4.78 is 5.55. The SMILES string of the molecule is CCCOc1ccc(CNCc2ccc(C(=O)O)cc2)cc1. The Morgan fingerprint density at radius 2 is 1.55 bits per heavy atom. The van der Waals surface area contributed by atoms with Gasteiger partial charge in [-0.15, -0.1) is 0 Å². The molecular formula is C18H21NO3. The van der Waals surface area contributed by atoms with Gasteiger partial charge in [0.05, 0.1) is 12.2 Å². The van der Waals surface area contributed by atoms with Crippen LogP contribution in [-0.4, -0.2) is 17.7 Å². The summed E-state index contributed by atoms with van der Waals surface area (Å²) in [6.07, 6.45) is 1.00. The number of nitrogens with one attached hydrogen (secondary N) is 1. The van der Waals surface area contributed by atoms with E-state index in [1.54, 1.807) is 12.1 Å². The summed E-state index contributed by atoms with van der Waals surface area (Å²) in [4.78, 5) is 10.8. The quantitative estimate of drug-likeness (QED) is 0.783. The zero-order chi connectivity index (χ0) is 15.8. The fourth-order valence-electron chi connectivity index (χ4n) is 2.04. The maximum Gasteiger partial charge on any atom is 0.335 e. The third kappa shape index (κ3) is 4.90. The molecule has 0 spiro atoms. The lowest BCUT2D eigenvalue weighted by Crippen LogP contribution is -2.12. The van der Waals surface area contributed by atoms with Crippen LogP contribution in [0.5, 0.6) is 5.75 Å². The molecule has 2 N–H and O–H groups in total. The molecule has 0 atom stereocenters. The molecule has 0 aliphatic heterocycles. The van der Waals surface area contributed by atoms with E-state index in [1.807, 2.05) is 36.4 Å². The fraction of sp³-hybridized carbons (Fsp3) is 0.278. The summed E-state index contributed by atoms with van der Waals surface area (Å²) in [5.74, 6) is -0.000231. The standard InChI is InChI=1S/C18H21NO3/c1-2-11-22-17-9-5-15(6-10-17)13-19-12-14-3-7-16(8-4-14)18(20)21/h3-10,19H,2,11-13H2,1H3,(H,20,21). The molecule has 0 saturated carbocycles. The van der Waals surface area contributed by atoms with Crippen LogP contribution < -0.4 is 10.1 Å². The minimum atomic E-state index is -0.898. The molecule has 2 rings (SSSR count). The number of carbonyl (C=O) groups is 1. The largest absolute Gasteiger partial charge is 0.494 e. The van der Waals surface area contributed by atoms with Gasteiger partial charge in [0.15, 0.2) is 0 Å². The zero-order valence-corrected chi connectivity index (χ0v) is 12.7. The van der Waals surface area contributed by atoms with E-state index >= 15 is 0 Å². The topological polar surface area (TPSA) is 58.6 Å². The molecule has 2 aromatic rings. The Morgan fingerprint density at radius 3 is 2.05 bits per heavy atom. The lowest BCUT2D eigenvalue weighted by atomic mass is 10.1. The minimum Gasteiger partial charge on any atom is -0.494 e. The van der Waals surface area contributed by atoms with Gasteiger partial charge in [-0.3, -0.25) is 0 Å². The van der Waals surface area contributed by atoms with Gasteiger partial charge in [-0.25, -0.2) is 4.79 Å². The molecule has 0 amide bonds. The summed E-state index contributed by atoms with van der Waals surface area (Å²) >= 11 is 0. The maximum absolute atomic E-state index is 10.8. The van der Waals surface area contributed by atoms with E-state index < -0.39 is 5.97 Å². The molecule has 2 aromatic carbocycles. The zero-order valence-electron chi connectivity index (χ0n) is 12.7. The van der Waals surface area contributed by atoms with E-state index in [-0.39, 0.29) is 0 Å². The van der Waals surface area contributed by atoms with Crippen LogP contribution in [0.2, 0.25) is 0 Å². The van der Waals surface area contributed by atoms with Crippen LogP contribution in [-0.2, 0) is 13.1 Å². The Kier molecular flexibility index (Phi) is 5.98. The van der Waals surface area contributed by atoms with Crippen molar-refractivity contribution >= 4 is 5.97 Å². The normalized spacial score (nSPS) is 10.4. The monoisotopic (exact) mass is 299 g/mol. The Labute approximate surface area is 130 Å². The first-order valence-electron chi connectivity index (χ1n) is 7.43. The van der Waals surface area contributed by atoms with E-state index in [0.29, 0.717) is 12.1 Å². The highest BCUT2D eigenvalue weighted by Gasteiger charge is 2.01. The predicted octanol–water partition coefficient (Wildman–Crippen LogP) is 3.46. The average Bonchev–Trinajstić information content (AvgIpc) is 2.54. The van der Waals surface area contributed by atoms with Gasteiger partial charge >= 0.3 is 5.97 Å². The molecule has 0 fully saturated rings. The molecule has 4 nitrogen and oxygen atoms in total. The third-order valence-electron chi connectivity index (χ3n) is 3.26.